The topological polar surface area (TPSA) is 66.8 Å². The maximum absolute atomic E-state index is 12.8. The smallest absolute Gasteiger partial charge is 0.326 e. The van der Waals surface area contributed by atoms with Gasteiger partial charge in [0.25, 0.3) is 5.91 Å². The molecule has 0 fully saturated rings. The van der Waals surface area contributed by atoms with Crippen molar-refractivity contribution in [2.24, 2.45) is 0 Å². The first-order valence-corrected chi connectivity index (χ1v) is 6.10. The lowest BCUT2D eigenvalue weighted by molar-refractivity contribution is -0.154. The summed E-state index contributed by atoms with van der Waals surface area (Å²) in [6.07, 6.45) is 0. The van der Waals surface area contributed by atoms with E-state index in [4.69, 9.17) is 9.84 Å². The standard InChI is InChI=1S/C14H18FNO4/c1-9(12(17)18)16(4)13(19)14(2,3)20-11-7-5-10(15)6-8-11/h5-9H,1-4H3,(H,17,18). The minimum Gasteiger partial charge on any atom is -0.480 e. The number of likely N-dealkylation sites (N-methyl/N-ethyl adjacent to an activating group) is 1. The molecule has 0 aromatic heterocycles. The molecule has 1 aromatic rings. The molecular weight excluding hydrogens is 265 g/mol. The number of ether oxygens (including phenoxy) is 1. The molecule has 0 bridgehead atoms. The molecular formula is C14H18FNO4. The minimum absolute atomic E-state index is 0.334. The van der Waals surface area contributed by atoms with E-state index in [0.717, 1.165) is 4.90 Å². The zero-order chi connectivity index (χ0) is 15.5. The second kappa shape index (κ2) is 5.90. The van der Waals surface area contributed by atoms with Gasteiger partial charge in [0.1, 0.15) is 17.6 Å². The monoisotopic (exact) mass is 283 g/mol. The normalized spacial score (nSPS) is 12.7. The maximum atomic E-state index is 12.8. The summed E-state index contributed by atoms with van der Waals surface area (Å²) in [6, 6.07) is 4.30. The Labute approximate surface area is 117 Å². The fourth-order valence-corrected chi connectivity index (χ4v) is 1.61. The van der Waals surface area contributed by atoms with E-state index in [1.807, 2.05) is 0 Å². The predicted octanol–water partition coefficient (Wildman–Crippen LogP) is 1.91. The lowest BCUT2D eigenvalue weighted by atomic mass is 10.1. The van der Waals surface area contributed by atoms with Crippen LogP contribution in [-0.4, -0.2) is 40.6 Å². The third-order valence-corrected chi connectivity index (χ3v) is 2.96. The van der Waals surface area contributed by atoms with Gasteiger partial charge in [-0.15, -0.1) is 0 Å². The highest BCUT2D eigenvalue weighted by molar-refractivity contribution is 5.88. The molecule has 20 heavy (non-hydrogen) atoms. The molecule has 0 saturated carbocycles. The summed E-state index contributed by atoms with van der Waals surface area (Å²) >= 11 is 0. The van der Waals surface area contributed by atoms with Crippen LogP contribution >= 0.6 is 0 Å². The number of amides is 1. The average Bonchev–Trinajstić information content (AvgIpc) is 2.38. The fraction of sp³-hybridized carbons (Fsp3) is 0.429. The van der Waals surface area contributed by atoms with Gasteiger partial charge < -0.3 is 14.7 Å². The quantitative estimate of drug-likeness (QED) is 0.896. The molecule has 0 saturated heterocycles. The number of carbonyl (C=O) groups excluding carboxylic acids is 1. The van der Waals surface area contributed by atoms with Crippen LogP contribution in [0.2, 0.25) is 0 Å². The Bertz CT molecular complexity index is 498. The second-order valence-electron chi connectivity index (χ2n) is 5.00. The molecule has 110 valence electrons. The highest BCUT2D eigenvalue weighted by atomic mass is 19.1. The molecule has 1 aromatic carbocycles. The SMILES string of the molecule is CC(C(=O)O)N(C)C(=O)C(C)(C)Oc1ccc(F)cc1. The maximum Gasteiger partial charge on any atom is 0.326 e. The Hall–Kier alpha value is -2.11. The molecule has 1 unspecified atom stereocenters. The first kappa shape index (κ1) is 15.9. The Morgan fingerprint density at radius 2 is 1.80 bits per heavy atom. The van der Waals surface area contributed by atoms with Crippen molar-refractivity contribution in [3.8, 4) is 5.75 Å². The van der Waals surface area contributed by atoms with Gasteiger partial charge in [-0.05, 0) is 45.0 Å². The zero-order valence-corrected chi connectivity index (χ0v) is 11.9. The van der Waals surface area contributed by atoms with Crippen molar-refractivity contribution in [2.75, 3.05) is 7.05 Å². The lowest BCUT2D eigenvalue weighted by Crippen LogP contribution is -2.52. The molecule has 0 aliphatic rings. The molecule has 1 amide bonds. The summed E-state index contributed by atoms with van der Waals surface area (Å²) in [4.78, 5) is 24.2. The van der Waals surface area contributed by atoms with Crippen LogP contribution in [0, 0.1) is 5.82 Å². The van der Waals surface area contributed by atoms with Gasteiger partial charge in [0, 0.05) is 7.05 Å². The van der Waals surface area contributed by atoms with Crippen LogP contribution in [0.4, 0.5) is 4.39 Å². The van der Waals surface area contributed by atoms with Crippen LogP contribution < -0.4 is 4.74 Å². The number of carboxylic acid groups (broad SMARTS) is 1. The van der Waals surface area contributed by atoms with Crippen LogP contribution in [0.25, 0.3) is 0 Å². The number of hydrogen-bond acceptors (Lipinski definition) is 3. The zero-order valence-electron chi connectivity index (χ0n) is 11.9. The Morgan fingerprint density at radius 1 is 1.30 bits per heavy atom. The van der Waals surface area contributed by atoms with E-state index in [1.54, 1.807) is 0 Å². The lowest BCUT2D eigenvalue weighted by Gasteiger charge is -2.32. The second-order valence-corrected chi connectivity index (χ2v) is 5.00. The van der Waals surface area contributed by atoms with Gasteiger partial charge in [0.2, 0.25) is 0 Å². The van der Waals surface area contributed by atoms with Gasteiger partial charge in [-0.2, -0.15) is 0 Å². The summed E-state index contributed by atoms with van der Waals surface area (Å²) < 4.78 is 18.3. The van der Waals surface area contributed by atoms with Crippen molar-refractivity contribution < 1.29 is 23.8 Å². The minimum atomic E-state index is -1.25. The third-order valence-electron chi connectivity index (χ3n) is 2.96. The Kier molecular flexibility index (Phi) is 4.70. The van der Waals surface area contributed by atoms with Crippen LogP contribution in [-0.2, 0) is 9.59 Å². The number of aliphatic carboxylic acids is 1. The van der Waals surface area contributed by atoms with E-state index >= 15 is 0 Å². The number of carbonyl (C=O) groups is 2. The van der Waals surface area contributed by atoms with Crippen molar-refractivity contribution in [1.82, 2.24) is 4.90 Å². The Balaban J connectivity index is 2.84. The number of hydrogen-bond donors (Lipinski definition) is 1. The largest absolute Gasteiger partial charge is 0.480 e. The number of rotatable bonds is 5. The van der Waals surface area contributed by atoms with Gasteiger partial charge in [-0.3, -0.25) is 4.79 Å². The van der Waals surface area contributed by atoms with Crippen molar-refractivity contribution in [1.29, 1.82) is 0 Å². The van der Waals surface area contributed by atoms with Crippen molar-refractivity contribution in [3.63, 3.8) is 0 Å². The van der Waals surface area contributed by atoms with Gasteiger partial charge in [-0.25, -0.2) is 9.18 Å². The van der Waals surface area contributed by atoms with Gasteiger partial charge in [0.15, 0.2) is 5.60 Å². The number of nitrogens with zero attached hydrogens (tertiary/aromatic N) is 1. The van der Waals surface area contributed by atoms with Gasteiger partial charge >= 0.3 is 5.97 Å². The first-order chi connectivity index (χ1) is 9.15. The summed E-state index contributed by atoms with van der Waals surface area (Å²) in [5.41, 5.74) is -1.25. The summed E-state index contributed by atoms with van der Waals surface area (Å²) in [5, 5.41) is 8.91. The van der Waals surface area contributed by atoms with E-state index in [-0.39, 0.29) is 0 Å². The van der Waals surface area contributed by atoms with Crippen LogP contribution in [0.5, 0.6) is 5.75 Å². The predicted molar refractivity (Wildman–Crippen MR) is 71.0 cm³/mol. The van der Waals surface area contributed by atoms with E-state index in [1.165, 1.54) is 52.1 Å². The summed E-state index contributed by atoms with van der Waals surface area (Å²) in [7, 11) is 1.40. The summed E-state index contributed by atoms with van der Waals surface area (Å²) in [6.45, 7) is 4.47. The van der Waals surface area contributed by atoms with Crippen molar-refractivity contribution in [2.45, 2.75) is 32.4 Å². The van der Waals surface area contributed by atoms with Gasteiger partial charge in [-0.1, -0.05) is 0 Å². The van der Waals surface area contributed by atoms with Gasteiger partial charge in [0.05, 0.1) is 0 Å². The first-order valence-electron chi connectivity index (χ1n) is 6.10. The molecule has 1 rings (SSSR count). The van der Waals surface area contributed by atoms with E-state index in [0.29, 0.717) is 5.75 Å². The molecule has 6 heteroatoms. The molecule has 1 N–H and O–H groups in total. The molecule has 0 heterocycles. The van der Waals surface area contributed by atoms with E-state index in [9.17, 15) is 14.0 Å². The van der Waals surface area contributed by atoms with E-state index < -0.39 is 29.3 Å². The van der Waals surface area contributed by atoms with E-state index in [2.05, 4.69) is 0 Å². The van der Waals surface area contributed by atoms with Crippen LogP contribution in [0.15, 0.2) is 24.3 Å². The van der Waals surface area contributed by atoms with Crippen LogP contribution in [0.3, 0.4) is 0 Å². The third kappa shape index (κ3) is 3.69. The molecule has 0 aliphatic carbocycles. The average molecular weight is 283 g/mol. The molecule has 5 nitrogen and oxygen atoms in total. The van der Waals surface area contributed by atoms with Crippen molar-refractivity contribution in [3.05, 3.63) is 30.1 Å². The number of carboxylic acids is 1. The molecule has 0 spiro atoms. The highest BCUT2D eigenvalue weighted by Crippen LogP contribution is 2.21. The van der Waals surface area contributed by atoms with Crippen LogP contribution in [0.1, 0.15) is 20.8 Å². The highest BCUT2D eigenvalue weighted by Gasteiger charge is 2.36. The van der Waals surface area contributed by atoms with Crippen molar-refractivity contribution >= 4 is 11.9 Å². The summed E-state index contributed by atoms with van der Waals surface area (Å²) in [5.74, 6) is -1.64. The number of benzene rings is 1. The Morgan fingerprint density at radius 3 is 2.25 bits per heavy atom. The molecule has 0 radical (unpaired) electrons. The fourth-order valence-electron chi connectivity index (χ4n) is 1.61. The number of halogens is 1. The molecule has 1 atom stereocenters. The molecule has 0 aliphatic heterocycles.